The second-order valence-electron chi connectivity index (χ2n) is 39.4. The van der Waals surface area contributed by atoms with Crippen LogP contribution < -0.4 is 37.2 Å². The lowest BCUT2D eigenvalue weighted by Gasteiger charge is -2.61. The Morgan fingerprint density at radius 1 is 0.423 bits per heavy atom. The molecule has 656 valence electrons. The maximum Gasteiger partial charge on any atom is 0.401 e. The molecule has 17 aliphatic rings. The van der Waals surface area contributed by atoms with Crippen molar-refractivity contribution in [3.8, 4) is 0 Å². The first kappa shape index (κ1) is 83.1. The average Bonchev–Trinajstić information content (AvgIpc) is 1.39. The Kier molecular flexibility index (Phi) is 23.0. The number of nitrogens with one attached hydrogen (secondary N) is 7. The molecule has 16 heterocycles. The fourth-order valence-electron chi connectivity index (χ4n) is 25.2. The van der Waals surface area contributed by atoms with Gasteiger partial charge in [-0.2, -0.15) is 13.2 Å². The number of hydrogen-bond acceptors (Lipinski definition) is 27. The van der Waals surface area contributed by atoms with Gasteiger partial charge in [-0.25, -0.2) is 49.8 Å². The maximum absolute atomic E-state index is 13.1. The first-order chi connectivity index (χ1) is 59.7. The summed E-state index contributed by atoms with van der Waals surface area (Å²) in [5.41, 5.74) is 8.44. The van der Waals surface area contributed by atoms with Crippen molar-refractivity contribution in [3.63, 3.8) is 0 Å². The van der Waals surface area contributed by atoms with E-state index in [-0.39, 0.29) is 36.1 Å². The molecular formula is C92H121F3N22OS5. The van der Waals surface area contributed by atoms with E-state index in [0.29, 0.717) is 47.2 Å². The van der Waals surface area contributed by atoms with E-state index >= 15 is 0 Å². The van der Waals surface area contributed by atoms with Crippen molar-refractivity contribution >= 4 is 143 Å². The number of piperidine rings is 2. The van der Waals surface area contributed by atoms with Gasteiger partial charge in [0.15, 0.2) is 0 Å². The van der Waals surface area contributed by atoms with Gasteiger partial charge in [0.2, 0.25) is 5.91 Å². The molecule has 0 radical (unpaired) electrons. The fraction of sp³-hybridized carbons (Fsp3) is 0.663. The number of nitrogens with zero attached hydrogens (tertiary/aromatic N) is 15. The summed E-state index contributed by atoms with van der Waals surface area (Å²) in [4.78, 5) is 81.2. The highest BCUT2D eigenvalue weighted by atomic mass is 32.1. The van der Waals surface area contributed by atoms with Gasteiger partial charge in [0.25, 0.3) is 0 Å². The summed E-state index contributed by atoms with van der Waals surface area (Å²) >= 11 is 9.19. The number of thiophene rings is 5. The molecule has 1 amide bonds. The highest BCUT2D eigenvalue weighted by Crippen LogP contribution is 2.53. The van der Waals surface area contributed by atoms with Crippen molar-refractivity contribution in [2.45, 2.75) is 303 Å². The molecular weight excluding hydrogens is 1650 g/mol. The predicted molar refractivity (Wildman–Crippen MR) is 493 cm³/mol. The number of anilines is 5. The number of alkyl halides is 3. The number of aromatic nitrogens is 10. The standard InChI is InChI=1S/C19H24F3N5S.C19H25N5OS.3C18H24N4S/c1-26(2)10-6-12-16(13(7-10)27(12)8-19(20,21)22)25-17-15-11-4-3-5-14(11)28-18(15)24-9-23-17;1-10(25)24-13-7-11(23(2)3)8-14(24)17(13)22-18-16-12-5-4-6-15(12)26-19(16)21-9-20-18;1-22(2)12-7-10-6-11(8-12)16(10)21-17-15-13-4-3-5-14(13)23-18(15)20-9-19-17;1-3-13-14(4-1)23-17-15(13)16(19-11-20-17)22-12-5-8-18(9-6-12)7-2-10-21-18;1-2-13-14(3-1)23-17-15(13)16(20-11-21-17)22-12-4-6-18(7-5-12)8-9-19-10-18/h9-10,12-13,16H,3-8H2,1-2H3,(H,23,24,25);9,11,13-14,17H,4-8H2,1-3H3,(H,20,21,22);9-12,16H,3-8H2,1-2H3,(H,19,20,21);11-12,21H,1-10H2,(H,19,20,22);11-12,19H,1-10H2,(H,20,21,22)/t10?,12-,13+,16?;11?,13-,14+,17?;10-,11+,12?,16?;;. The third kappa shape index (κ3) is 16.0. The molecule has 6 aliphatic heterocycles. The van der Waals surface area contributed by atoms with Crippen LogP contribution in [0.1, 0.15) is 207 Å². The van der Waals surface area contributed by atoms with Gasteiger partial charge in [0.1, 0.15) is 84.9 Å². The van der Waals surface area contributed by atoms with E-state index in [0.717, 1.165) is 113 Å². The molecule has 6 saturated carbocycles. The van der Waals surface area contributed by atoms with Crippen LogP contribution in [0, 0.1) is 17.3 Å². The van der Waals surface area contributed by atoms with E-state index < -0.39 is 12.7 Å². The molecule has 10 aromatic heterocycles. The number of carbonyl (C=O) groups excluding carboxylic acids is 1. The van der Waals surface area contributed by atoms with Crippen molar-refractivity contribution in [2.75, 3.05) is 95.0 Å². The summed E-state index contributed by atoms with van der Waals surface area (Å²) in [6.45, 7) is 4.53. The molecule has 123 heavy (non-hydrogen) atoms. The van der Waals surface area contributed by atoms with E-state index in [2.05, 4.69) is 135 Å². The Bertz CT molecular complexity index is 5370. The Balaban J connectivity index is 0.0000000946. The van der Waals surface area contributed by atoms with Gasteiger partial charge in [0.05, 0.1) is 57.6 Å². The van der Waals surface area contributed by atoms with Crippen LogP contribution >= 0.6 is 56.7 Å². The second-order valence-corrected chi connectivity index (χ2v) is 44.8. The number of hydrogen-bond donors (Lipinski definition) is 7. The summed E-state index contributed by atoms with van der Waals surface area (Å²) in [6, 6.07) is 4.00. The fourth-order valence-corrected chi connectivity index (χ4v) is 31.3. The van der Waals surface area contributed by atoms with Gasteiger partial charge in [-0.3, -0.25) is 9.69 Å². The van der Waals surface area contributed by atoms with Crippen LogP contribution in [0.2, 0.25) is 0 Å². The molecule has 7 N–H and O–H groups in total. The van der Waals surface area contributed by atoms with E-state index in [1.54, 1.807) is 69.4 Å². The number of rotatable bonds is 14. The summed E-state index contributed by atoms with van der Waals surface area (Å²) in [5, 5.41) is 32.3. The van der Waals surface area contributed by atoms with E-state index in [9.17, 15) is 18.0 Å². The third-order valence-corrected chi connectivity index (χ3v) is 37.7. The summed E-state index contributed by atoms with van der Waals surface area (Å²) in [7, 11) is 12.7. The minimum absolute atomic E-state index is 0.00797. The second kappa shape index (κ2) is 34.0. The van der Waals surface area contributed by atoms with Crippen molar-refractivity contribution < 1.29 is 18.0 Å². The topological polar surface area (TPSA) is 246 Å². The van der Waals surface area contributed by atoms with Gasteiger partial charge in [-0.15, -0.1) is 56.7 Å². The maximum atomic E-state index is 13.1. The van der Waals surface area contributed by atoms with Crippen molar-refractivity contribution in [3.05, 3.63) is 83.8 Å². The molecule has 0 aromatic carbocycles. The molecule has 6 saturated heterocycles. The van der Waals surface area contributed by atoms with Crippen molar-refractivity contribution in [1.29, 1.82) is 0 Å². The SMILES string of the molecule is CC(=O)N1[C@@H]2CC(N(C)C)C[C@H]1C2Nc1ncnc2sc3c(c12)CCC3.CN(C)C1C[C@@H]2C(Nc3ncnc4sc5c(c34)CCC5)[C@H](C1)N2CC(F)(F)F.CN(C)C1C[C@@H]2C[C@H](C1)C2Nc1ncnc2sc3c(c12)CCC3.c1nc(NC2CCC3(CCCN3)CC2)c2c3c(sc2n1)CCC3.c1nc(NC2CCC3(CCNC3)CC2)c2c3c(sc2n1)CCC3. The highest BCUT2D eigenvalue weighted by molar-refractivity contribution is 7.20. The van der Waals surface area contributed by atoms with Crippen molar-refractivity contribution in [1.82, 2.24) is 85.0 Å². The summed E-state index contributed by atoms with van der Waals surface area (Å²) in [5.74, 6) is 6.91. The van der Waals surface area contributed by atoms with Crippen LogP contribution in [-0.2, 0) is 69.0 Å². The first-order valence-corrected chi connectivity index (χ1v) is 50.5. The van der Waals surface area contributed by atoms with Crippen LogP contribution in [0.15, 0.2) is 31.6 Å². The monoisotopic (exact) mass is 1770 g/mol. The average molecular weight is 1770 g/mol. The molecule has 11 aliphatic carbocycles. The molecule has 23 nitrogen and oxygen atoms in total. The van der Waals surface area contributed by atoms with Crippen LogP contribution in [0.5, 0.6) is 0 Å². The van der Waals surface area contributed by atoms with Gasteiger partial charge in [0, 0.05) is 91.7 Å². The van der Waals surface area contributed by atoms with E-state index in [1.807, 2.05) is 59.4 Å². The number of amides is 1. The molecule has 6 unspecified atom stereocenters. The van der Waals surface area contributed by atoms with Crippen molar-refractivity contribution in [2.24, 2.45) is 17.3 Å². The molecule has 27 rings (SSSR count). The molecule has 2 spiro atoms. The zero-order chi connectivity index (χ0) is 83.7. The van der Waals surface area contributed by atoms with Gasteiger partial charge >= 0.3 is 6.18 Å². The predicted octanol–water partition coefficient (Wildman–Crippen LogP) is 16.1. The smallest absolute Gasteiger partial charge is 0.367 e. The van der Waals surface area contributed by atoms with Crippen LogP contribution in [0.3, 0.4) is 0 Å². The van der Waals surface area contributed by atoms with Gasteiger partial charge in [-0.05, 0) is 312 Å². The van der Waals surface area contributed by atoms with Gasteiger partial charge in [-0.1, -0.05) is 0 Å². The number of halogens is 3. The number of fused-ring (bicyclic) bond motifs is 21. The lowest BCUT2D eigenvalue weighted by atomic mass is 9.59. The lowest BCUT2D eigenvalue weighted by molar-refractivity contribution is -0.189. The third-order valence-electron chi connectivity index (χ3n) is 31.7. The largest absolute Gasteiger partial charge is 0.401 e. The van der Waals surface area contributed by atoms with Crippen LogP contribution in [0.25, 0.3) is 51.1 Å². The zero-order valence-corrected chi connectivity index (χ0v) is 76.5. The Morgan fingerprint density at radius 3 is 1.11 bits per heavy atom. The molecule has 12 fully saturated rings. The molecule has 6 bridgehead atoms. The lowest BCUT2D eigenvalue weighted by Crippen LogP contribution is -2.76. The van der Waals surface area contributed by atoms with Crippen LogP contribution in [0.4, 0.5) is 42.3 Å². The van der Waals surface area contributed by atoms with E-state index in [1.165, 1.54) is 254 Å². The quantitative estimate of drug-likeness (QED) is 0.0535. The normalized spacial score (nSPS) is 30.4. The Morgan fingerprint density at radius 2 is 0.772 bits per heavy atom. The highest BCUT2D eigenvalue weighted by Gasteiger charge is 2.58. The Labute approximate surface area is 739 Å². The molecule has 10 aromatic rings. The minimum Gasteiger partial charge on any atom is -0.367 e. The Hall–Kier alpha value is -6.78. The number of aryl methyl sites for hydroxylation is 10. The summed E-state index contributed by atoms with van der Waals surface area (Å²) < 4.78 is 39.2. The van der Waals surface area contributed by atoms with E-state index in [4.69, 9.17) is 0 Å². The summed E-state index contributed by atoms with van der Waals surface area (Å²) in [6.07, 6.45) is 44.4. The zero-order valence-electron chi connectivity index (χ0n) is 72.4. The van der Waals surface area contributed by atoms with Crippen LogP contribution in [-0.4, -0.2) is 233 Å². The minimum atomic E-state index is -4.16. The first-order valence-electron chi connectivity index (χ1n) is 46.4. The van der Waals surface area contributed by atoms with Gasteiger partial charge < -0.3 is 56.8 Å². The number of carbonyl (C=O) groups is 1. The molecule has 31 heteroatoms. The molecule has 12 atom stereocenters.